The molecule has 1 aromatic heterocycles. The fourth-order valence-corrected chi connectivity index (χ4v) is 5.03. The van der Waals surface area contributed by atoms with Gasteiger partial charge in [-0.15, -0.1) is 0 Å². The molecule has 2 aliphatic rings. The summed E-state index contributed by atoms with van der Waals surface area (Å²) in [6.45, 7) is 4.48. The zero-order valence-corrected chi connectivity index (χ0v) is 21.9. The molecule has 0 bridgehead atoms. The minimum atomic E-state index is -4.61. The van der Waals surface area contributed by atoms with Crippen LogP contribution in [0.2, 0.25) is 0 Å². The van der Waals surface area contributed by atoms with Gasteiger partial charge in [-0.3, -0.25) is 14.9 Å². The van der Waals surface area contributed by atoms with Crippen molar-refractivity contribution in [3.63, 3.8) is 0 Å². The van der Waals surface area contributed by atoms with Crippen molar-refractivity contribution in [3.05, 3.63) is 87.9 Å². The number of alkyl halides is 4. The number of benzene rings is 1. The second kappa shape index (κ2) is 11.7. The van der Waals surface area contributed by atoms with Crippen molar-refractivity contribution in [1.29, 1.82) is 0 Å². The smallest absolute Gasteiger partial charge is 0.379 e. The van der Waals surface area contributed by atoms with Crippen LogP contribution in [0.15, 0.2) is 65.6 Å². The lowest BCUT2D eigenvalue weighted by Crippen LogP contribution is -2.46. The number of piperidine rings is 1. The van der Waals surface area contributed by atoms with Crippen molar-refractivity contribution in [1.82, 2.24) is 20.1 Å². The molecule has 1 fully saturated rings. The summed E-state index contributed by atoms with van der Waals surface area (Å²) in [4.78, 5) is 25.8. The number of hydrogen-bond acceptors (Lipinski definition) is 5. The molecule has 2 aromatic rings. The summed E-state index contributed by atoms with van der Waals surface area (Å²) in [5, 5.41) is 9.00. The molecular weight excluding hydrogens is 514 g/mol. The van der Waals surface area contributed by atoms with Crippen molar-refractivity contribution in [2.75, 3.05) is 32.0 Å². The Bertz CT molecular complexity index is 1310. The molecular formula is C28H33F4N5O2. The first-order valence-corrected chi connectivity index (χ1v) is 12.8. The van der Waals surface area contributed by atoms with Crippen LogP contribution in [0.5, 0.6) is 0 Å². The van der Waals surface area contributed by atoms with Crippen LogP contribution in [0.25, 0.3) is 0 Å². The van der Waals surface area contributed by atoms with Crippen LogP contribution in [0.3, 0.4) is 0 Å². The molecule has 1 saturated heterocycles. The van der Waals surface area contributed by atoms with Gasteiger partial charge in [0.15, 0.2) is 0 Å². The lowest BCUT2D eigenvalue weighted by atomic mass is 9.85. The van der Waals surface area contributed by atoms with E-state index in [-0.39, 0.29) is 24.6 Å². The van der Waals surface area contributed by atoms with Crippen molar-refractivity contribution in [3.8, 4) is 0 Å². The van der Waals surface area contributed by atoms with E-state index in [2.05, 4.69) is 22.5 Å². The monoisotopic (exact) mass is 547 g/mol. The van der Waals surface area contributed by atoms with Gasteiger partial charge in [-0.2, -0.15) is 13.2 Å². The minimum Gasteiger partial charge on any atom is -0.379 e. The molecule has 1 aromatic carbocycles. The summed E-state index contributed by atoms with van der Waals surface area (Å²) >= 11 is 0. The topological polar surface area (TPSA) is 78.4 Å². The number of pyridine rings is 1. The molecule has 11 heteroatoms. The number of hydrogen-bond donors (Lipinski definition) is 3. The number of carbonyl (C=O) groups is 1. The van der Waals surface area contributed by atoms with Gasteiger partial charge >= 0.3 is 6.18 Å². The average Bonchev–Trinajstić information content (AvgIpc) is 2.88. The molecule has 210 valence electrons. The van der Waals surface area contributed by atoms with Gasteiger partial charge in [0.2, 0.25) is 5.56 Å². The predicted molar refractivity (Wildman–Crippen MR) is 143 cm³/mol. The van der Waals surface area contributed by atoms with Gasteiger partial charge in [0.1, 0.15) is 6.17 Å². The zero-order valence-electron chi connectivity index (χ0n) is 21.9. The Labute approximate surface area is 224 Å². The quantitative estimate of drug-likeness (QED) is 0.366. The van der Waals surface area contributed by atoms with Gasteiger partial charge in [0.05, 0.1) is 17.6 Å². The van der Waals surface area contributed by atoms with Crippen LogP contribution in [0.1, 0.15) is 33.9 Å². The van der Waals surface area contributed by atoms with E-state index in [1.165, 1.54) is 22.9 Å². The van der Waals surface area contributed by atoms with Crippen LogP contribution in [-0.4, -0.2) is 66.5 Å². The Morgan fingerprint density at radius 2 is 2.00 bits per heavy atom. The lowest BCUT2D eigenvalue weighted by molar-refractivity contribution is -0.0968. The van der Waals surface area contributed by atoms with E-state index in [4.69, 9.17) is 0 Å². The zero-order chi connectivity index (χ0) is 28.3. The fourth-order valence-electron chi connectivity index (χ4n) is 5.03. The number of aromatic nitrogens is 1. The maximum absolute atomic E-state index is 14.7. The second-order valence-electron chi connectivity index (χ2n) is 10.1. The molecule has 1 amide bonds. The standard InChI is InChI=1S/C28H33F4N5O2/c1-17(28(30,31)32)26-20-7-4-8-23(35-24-11-13-36(2)16-22(24)29)21(20)14-19(34-26)6-5-12-33-27(39)18-9-10-25(38)37(3)15-18/h4-10,15,19,22,24,26,34-35H,1,11-14,16H2,2-3H3,(H,33,39)/b6-5+/t19?,22-,24+,26?/m0/s1. The van der Waals surface area contributed by atoms with Gasteiger partial charge in [-0.1, -0.05) is 30.9 Å². The summed E-state index contributed by atoms with van der Waals surface area (Å²) < 4.78 is 57.2. The third kappa shape index (κ3) is 6.77. The van der Waals surface area contributed by atoms with E-state index in [1.54, 1.807) is 37.4 Å². The fraction of sp³-hybridized carbons (Fsp3) is 0.429. The van der Waals surface area contributed by atoms with E-state index >= 15 is 0 Å². The van der Waals surface area contributed by atoms with E-state index < -0.39 is 36.0 Å². The number of halogens is 4. The van der Waals surface area contributed by atoms with Gasteiger partial charge in [-0.25, -0.2) is 4.39 Å². The van der Waals surface area contributed by atoms with Crippen LogP contribution in [0.4, 0.5) is 23.2 Å². The Hall–Kier alpha value is -3.44. The number of likely N-dealkylation sites (tertiary alicyclic amines) is 1. The Balaban J connectivity index is 1.52. The molecule has 2 aliphatic heterocycles. The molecule has 39 heavy (non-hydrogen) atoms. The molecule has 4 atom stereocenters. The van der Waals surface area contributed by atoms with Crippen molar-refractivity contribution >= 4 is 11.6 Å². The number of aryl methyl sites for hydroxylation is 1. The number of nitrogens with one attached hydrogen (secondary N) is 3. The van der Waals surface area contributed by atoms with E-state index in [0.29, 0.717) is 35.2 Å². The highest BCUT2D eigenvalue weighted by Gasteiger charge is 2.41. The van der Waals surface area contributed by atoms with Crippen LogP contribution < -0.4 is 21.5 Å². The lowest BCUT2D eigenvalue weighted by Gasteiger charge is -2.37. The third-order valence-electron chi connectivity index (χ3n) is 7.22. The van der Waals surface area contributed by atoms with E-state index in [1.807, 2.05) is 11.9 Å². The number of anilines is 1. The largest absolute Gasteiger partial charge is 0.413 e. The molecule has 4 rings (SSSR count). The Morgan fingerprint density at radius 3 is 2.69 bits per heavy atom. The van der Waals surface area contributed by atoms with Gasteiger partial charge in [0.25, 0.3) is 5.91 Å². The summed E-state index contributed by atoms with van der Waals surface area (Å²) in [6.07, 6.45) is 0.0479. The normalized spacial score (nSPS) is 23.8. The maximum atomic E-state index is 14.7. The van der Waals surface area contributed by atoms with Crippen LogP contribution in [0, 0.1) is 0 Å². The maximum Gasteiger partial charge on any atom is 0.413 e. The molecule has 0 radical (unpaired) electrons. The van der Waals surface area contributed by atoms with Crippen molar-refractivity contribution < 1.29 is 22.4 Å². The SMILES string of the molecule is C=C(C1NC(/C=C/CNC(=O)c2ccc(=O)n(C)c2)Cc2c(N[C@@H]3CCN(C)C[C@@H]3F)cccc21)C(F)(F)F. The van der Waals surface area contributed by atoms with E-state index in [0.717, 1.165) is 6.54 Å². The summed E-state index contributed by atoms with van der Waals surface area (Å²) in [6, 6.07) is 5.71. The summed E-state index contributed by atoms with van der Waals surface area (Å²) in [7, 11) is 3.40. The van der Waals surface area contributed by atoms with Crippen LogP contribution in [-0.2, 0) is 13.5 Å². The molecule has 3 heterocycles. The Morgan fingerprint density at radius 1 is 1.23 bits per heavy atom. The highest BCUT2D eigenvalue weighted by Crippen LogP contribution is 2.40. The van der Waals surface area contributed by atoms with Gasteiger partial charge < -0.3 is 20.1 Å². The minimum absolute atomic E-state index is 0.136. The summed E-state index contributed by atoms with van der Waals surface area (Å²) in [5.41, 5.74) is 0.918. The van der Waals surface area contributed by atoms with Crippen LogP contribution >= 0.6 is 0 Å². The number of nitrogens with zero attached hydrogens (tertiary/aromatic N) is 2. The molecule has 2 unspecified atom stereocenters. The van der Waals surface area contributed by atoms with Gasteiger partial charge in [0, 0.05) is 56.2 Å². The van der Waals surface area contributed by atoms with Crippen molar-refractivity contribution in [2.24, 2.45) is 7.05 Å². The number of fused-ring (bicyclic) bond motifs is 1. The van der Waals surface area contributed by atoms with Crippen molar-refractivity contribution in [2.45, 2.75) is 43.3 Å². The second-order valence-corrected chi connectivity index (χ2v) is 10.1. The molecule has 0 aliphatic carbocycles. The molecule has 7 nitrogen and oxygen atoms in total. The predicted octanol–water partition coefficient (Wildman–Crippen LogP) is 3.50. The first kappa shape index (κ1) is 28.6. The number of amides is 1. The first-order valence-electron chi connectivity index (χ1n) is 12.8. The molecule has 0 saturated carbocycles. The first-order chi connectivity index (χ1) is 18.4. The average molecular weight is 548 g/mol. The Kier molecular flexibility index (Phi) is 8.60. The van der Waals surface area contributed by atoms with Gasteiger partial charge in [-0.05, 0) is 43.1 Å². The number of rotatable bonds is 7. The third-order valence-corrected chi connectivity index (χ3v) is 7.22. The molecule has 3 N–H and O–H groups in total. The highest BCUT2D eigenvalue weighted by atomic mass is 19.4. The number of carbonyl (C=O) groups excluding carboxylic acids is 1. The highest BCUT2D eigenvalue weighted by molar-refractivity contribution is 5.93. The van der Waals surface area contributed by atoms with E-state index in [9.17, 15) is 27.2 Å². The molecule has 0 spiro atoms. The summed E-state index contributed by atoms with van der Waals surface area (Å²) in [5.74, 6) is -0.383.